The first kappa shape index (κ1) is 29.1. The molecule has 1 saturated heterocycles. The van der Waals surface area contributed by atoms with Gasteiger partial charge < -0.3 is 4.90 Å². The maximum Gasteiger partial charge on any atom is 0.229 e. The number of nitrogens with zero attached hydrogens (tertiary/aromatic N) is 2. The van der Waals surface area contributed by atoms with E-state index in [1.54, 1.807) is 7.05 Å². The highest BCUT2D eigenvalue weighted by Gasteiger charge is 2.52. The Morgan fingerprint density at radius 1 is 1.11 bits per heavy atom. The zero-order valence-electron chi connectivity index (χ0n) is 22.4. The Balaban J connectivity index is 1.87. The third-order valence-electron chi connectivity index (χ3n) is 8.39. The van der Waals surface area contributed by atoms with Gasteiger partial charge in [0, 0.05) is 35.6 Å². The van der Waals surface area contributed by atoms with Gasteiger partial charge in [0.1, 0.15) is 0 Å². The summed E-state index contributed by atoms with van der Waals surface area (Å²) in [6.07, 6.45) is 5.72. The fraction of sp³-hybridized carbons (Fsp3) is 0.500. The number of carbonyl (C=O) groups excluding carboxylic acids is 1. The third-order valence-corrected chi connectivity index (χ3v) is 11.2. The highest BCUT2D eigenvalue weighted by atomic mass is 35.5. The number of sulfonamides is 1. The van der Waals surface area contributed by atoms with Crippen LogP contribution in [0.2, 0.25) is 10.0 Å². The average molecular weight is 578 g/mol. The number of halogens is 2. The quantitative estimate of drug-likeness (QED) is 0.265. The number of hydrogen-bond acceptors (Lipinski definition) is 3. The molecule has 0 aromatic heterocycles. The van der Waals surface area contributed by atoms with Gasteiger partial charge in [0.25, 0.3) is 0 Å². The molecule has 1 heterocycles. The van der Waals surface area contributed by atoms with Gasteiger partial charge in [-0.25, -0.2) is 12.7 Å². The fourth-order valence-corrected chi connectivity index (χ4v) is 7.96. The number of likely N-dealkylation sites (tertiary alicyclic amines) is 1. The van der Waals surface area contributed by atoms with Gasteiger partial charge in [0.2, 0.25) is 15.9 Å². The van der Waals surface area contributed by atoms with Gasteiger partial charge >= 0.3 is 0 Å². The lowest BCUT2D eigenvalue weighted by Crippen LogP contribution is -2.58. The van der Waals surface area contributed by atoms with E-state index in [1.165, 1.54) is 4.31 Å². The number of rotatable bonds is 11. The molecule has 2 fully saturated rings. The van der Waals surface area contributed by atoms with Gasteiger partial charge in [-0.1, -0.05) is 67.4 Å². The molecule has 0 bridgehead atoms. The Morgan fingerprint density at radius 2 is 1.79 bits per heavy atom. The molecule has 1 aliphatic heterocycles. The predicted molar refractivity (Wildman–Crippen MR) is 156 cm³/mol. The number of benzene rings is 2. The minimum Gasteiger partial charge on any atom is -0.330 e. The maximum atomic E-state index is 14.6. The number of allylic oxidation sites excluding steroid dienone is 1. The molecule has 2 aliphatic rings. The van der Waals surface area contributed by atoms with Crippen LogP contribution in [0.1, 0.15) is 75.5 Å². The standard InChI is InChI=1S/C30H38Cl2N2O3S/c1-5-17-30(7-3)19-27(22-9-8-10-24(32)18-22)28(21-11-13-23(31)14-12-21)34(29(30)35)25(6-2)20-33(4)38(36,37)26-15-16-26/h5,8-14,18,25-28H,1,6-7,15-17,19-20H2,2-4H3/t25?,27-,28-,30?/m1/s1. The molecule has 0 spiro atoms. The van der Waals surface area contributed by atoms with Crippen LogP contribution in [0.3, 0.4) is 0 Å². The Hall–Kier alpha value is -1.86. The molecule has 0 N–H and O–H groups in total. The Labute approximate surface area is 237 Å². The van der Waals surface area contributed by atoms with Crippen molar-refractivity contribution in [3.63, 3.8) is 0 Å². The minimum absolute atomic E-state index is 0.0492. The summed E-state index contributed by atoms with van der Waals surface area (Å²) in [6, 6.07) is 14.9. The summed E-state index contributed by atoms with van der Waals surface area (Å²) in [7, 11) is -1.74. The van der Waals surface area contributed by atoms with E-state index in [0.717, 1.165) is 11.1 Å². The monoisotopic (exact) mass is 576 g/mol. The van der Waals surface area contributed by atoms with Crippen LogP contribution in [0.25, 0.3) is 0 Å². The summed E-state index contributed by atoms with van der Waals surface area (Å²) in [5.74, 6) is 0.00840. The van der Waals surface area contributed by atoms with Crippen molar-refractivity contribution in [3.05, 3.63) is 82.4 Å². The SMILES string of the molecule is C=CCC1(CC)C[C@H](c2cccc(Cl)c2)[C@@H](c2ccc(Cl)cc2)N(C(CC)CN(C)S(=O)(=O)C2CC2)C1=O. The predicted octanol–water partition coefficient (Wildman–Crippen LogP) is 7.23. The molecular weight excluding hydrogens is 539 g/mol. The van der Waals surface area contributed by atoms with E-state index in [4.69, 9.17) is 23.2 Å². The summed E-state index contributed by atoms with van der Waals surface area (Å²) >= 11 is 12.7. The molecule has 0 radical (unpaired) electrons. The van der Waals surface area contributed by atoms with Crippen molar-refractivity contribution in [3.8, 4) is 0 Å². The summed E-state index contributed by atoms with van der Waals surface area (Å²) in [4.78, 5) is 16.6. The maximum absolute atomic E-state index is 14.6. The zero-order chi connectivity index (χ0) is 27.7. The topological polar surface area (TPSA) is 57.7 Å². The normalized spacial score (nSPS) is 25.0. The highest BCUT2D eigenvalue weighted by molar-refractivity contribution is 7.90. The van der Waals surface area contributed by atoms with Gasteiger partial charge in [-0.15, -0.1) is 6.58 Å². The molecule has 5 nitrogen and oxygen atoms in total. The molecule has 2 aromatic carbocycles. The molecule has 2 aromatic rings. The molecule has 1 saturated carbocycles. The molecule has 1 aliphatic carbocycles. The second-order valence-corrected chi connectivity index (χ2v) is 14.0. The molecule has 1 amide bonds. The highest BCUT2D eigenvalue weighted by Crippen LogP contribution is 2.53. The van der Waals surface area contributed by atoms with Crippen molar-refractivity contribution in [2.24, 2.45) is 5.41 Å². The molecular formula is C30H38Cl2N2O3S. The number of piperidine rings is 1. The molecule has 38 heavy (non-hydrogen) atoms. The first-order chi connectivity index (χ1) is 18.1. The van der Waals surface area contributed by atoms with Crippen molar-refractivity contribution in [1.82, 2.24) is 9.21 Å². The smallest absolute Gasteiger partial charge is 0.229 e. The van der Waals surface area contributed by atoms with E-state index in [1.807, 2.05) is 60.4 Å². The van der Waals surface area contributed by atoms with E-state index >= 15 is 0 Å². The van der Waals surface area contributed by atoms with Crippen molar-refractivity contribution in [1.29, 1.82) is 0 Å². The van der Waals surface area contributed by atoms with Gasteiger partial charge in [-0.05, 0) is 73.9 Å². The number of carbonyl (C=O) groups is 1. The van der Waals surface area contributed by atoms with E-state index in [0.29, 0.717) is 48.6 Å². The third kappa shape index (κ3) is 5.70. The summed E-state index contributed by atoms with van der Waals surface area (Å²) in [5.41, 5.74) is 1.40. The number of amides is 1. The minimum atomic E-state index is -3.39. The van der Waals surface area contributed by atoms with E-state index in [2.05, 4.69) is 19.6 Å². The van der Waals surface area contributed by atoms with E-state index in [9.17, 15) is 13.2 Å². The lowest BCUT2D eigenvalue weighted by Gasteiger charge is -2.53. The second kappa shape index (κ2) is 11.7. The summed E-state index contributed by atoms with van der Waals surface area (Å²) in [6.45, 7) is 8.32. The number of likely N-dealkylation sites (N-methyl/N-ethyl adjacent to an activating group) is 1. The average Bonchev–Trinajstić information content (AvgIpc) is 3.75. The van der Waals surface area contributed by atoms with E-state index in [-0.39, 0.29) is 35.7 Å². The van der Waals surface area contributed by atoms with Crippen LogP contribution in [0.5, 0.6) is 0 Å². The zero-order valence-corrected chi connectivity index (χ0v) is 24.8. The Morgan fingerprint density at radius 3 is 2.34 bits per heavy atom. The second-order valence-electron chi connectivity index (χ2n) is 10.8. The summed E-state index contributed by atoms with van der Waals surface area (Å²) in [5, 5.41) is 0.969. The van der Waals surface area contributed by atoms with Crippen molar-refractivity contribution in [2.45, 2.75) is 75.6 Å². The van der Waals surface area contributed by atoms with Gasteiger partial charge in [0.05, 0.1) is 16.7 Å². The van der Waals surface area contributed by atoms with Crippen LogP contribution < -0.4 is 0 Å². The van der Waals surface area contributed by atoms with Gasteiger partial charge in [-0.2, -0.15) is 0 Å². The van der Waals surface area contributed by atoms with Crippen molar-refractivity contribution >= 4 is 39.1 Å². The number of hydrogen-bond donors (Lipinski definition) is 0. The fourth-order valence-electron chi connectivity index (χ4n) is 6.02. The van der Waals surface area contributed by atoms with Crippen LogP contribution >= 0.6 is 23.2 Å². The van der Waals surface area contributed by atoms with E-state index < -0.39 is 15.4 Å². The molecule has 4 rings (SSSR count). The lowest BCUT2D eigenvalue weighted by molar-refractivity contribution is -0.156. The molecule has 206 valence electrons. The largest absolute Gasteiger partial charge is 0.330 e. The van der Waals surface area contributed by atoms with Gasteiger partial charge in [-0.3, -0.25) is 4.79 Å². The Bertz CT molecular complexity index is 1260. The van der Waals surface area contributed by atoms with Crippen LogP contribution in [-0.2, 0) is 14.8 Å². The van der Waals surface area contributed by atoms with Gasteiger partial charge in [0.15, 0.2) is 0 Å². The van der Waals surface area contributed by atoms with Crippen molar-refractivity contribution < 1.29 is 13.2 Å². The summed E-state index contributed by atoms with van der Waals surface area (Å²) < 4.78 is 27.6. The molecule has 2 unspecified atom stereocenters. The Kier molecular flexibility index (Phi) is 8.98. The van der Waals surface area contributed by atoms with Crippen LogP contribution in [0, 0.1) is 5.41 Å². The first-order valence-electron chi connectivity index (χ1n) is 13.5. The first-order valence-corrected chi connectivity index (χ1v) is 15.7. The van der Waals surface area contributed by atoms with Crippen LogP contribution in [0.4, 0.5) is 0 Å². The molecule has 4 atom stereocenters. The van der Waals surface area contributed by atoms with Crippen LogP contribution in [0.15, 0.2) is 61.2 Å². The van der Waals surface area contributed by atoms with Crippen molar-refractivity contribution in [2.75, 3.05) is 13.6 Å². The molecule has 8 heteroatoms. The van der Waals surface area contributed by atoms with Crippen LogP contribution in [-0.4, -0.2) is 48.4 Å². The lowest BCUT2D eigenvalue weighted by atomic mass is 9.65.